The van der Waals surface area contributed by atoms with E-state index < -0.39 is 23.6 Å². The number of hydrogen-bond donors (Lipinski definition) is 1. The molecule has 1 N–H and O–H groups in total. The van der Waals surface area contributed by atoms with Gasteiger partial charge < -0.3 is 10.2 Å². The van der Waals surface area contributed by atoms with Crippen LogP contribution in [0.15, 0.2) is 36.8 Å². The quantitative estimate of drug-likeness (QED) is 0.368. The molecule has 1 aromatic carbocycles. The summed E-state index contributed by atoms with van der Waals surface area (Å²) in [6.45, 7) is 5.09. The lowest BCUT2D eigenvalue weighted by molar-refractivity contribution is -0.0138. The van der Waals surface area contributed by atoms with Crippen LogP contribution in [0.1, 0.15) is 39.8 Å². The van der Waals surface area contributed by atoms with Gasteiger partial charge in [0.2, 0.25) is 0 Å². The number of rotatable bonds is 7. The van der Waals surface area contributed by atoms with Crippen molar-refractivity contribution in [3.05, 3.63) is 75.7 Å². The van der Waals surface area contributed by atoms with Gasteiger partial charge in [0, 0.05) is 36.5 Å². The molecular formula is C25H25ClF3N9O. The van der Waals surface area contributed by atoms with Gasteiger partial charge in [0.1, 0.15) is 18.0 Å². The average molecular weight is 560 g/mol. The maximum absolute atomic E-state index is 14.8. The van der Waals surface area contributed by atoms with Crippen LogP contribution in [0.25, 0.3) is 5.69 Å². The van der Waals surface area contributed by atoms with Crippen molar-refractivity contribution >= 4 is 23.3 Å². The fourth-order valence-corrected chi connectivity index (χ4v) is 4.71. The van der Waals surface area contributed by atoms with E-state index in [1.165, 1.54) is 24.0 Å². The first kappa shape index (κ1) is 26.6. The molecule has 0 radical (unpaired) electrons. The molecule has 5 rings (SSSR count). The van der Waals surface area contributed by atoms with Gasteiger partial charge in [-0.1, -0.05) is 24.6 Å². The fourth-order valence-electron chi connectivity index (χ4n) is 4.53. The molecule has 3 aromatic heterocycles. The number of benzene rings is 1. The molecule has 10 nitrogen and oxygen atoms in total. The van der Waals surface area contributed by atoms with Gasteiger partial charge in [-0.2, -0.15) is 5.10 Å². The smallest absolute Gasteiger partial charge is 0.269 e. The van der Waals surface area contributed by atoms with E-state index in [-0.39, 0.29) is 30.2 Å². The largest absolute Gasteiger partial charge is 0.350 e. The number of tetrazole rings is 1. The molecule has 1 fully saturated rings. The maximum Gasteiger partial charge on any atom is 0.269 e. The first-order valence-electron chi connectivity index (χ1n) is 12.1. The van der Waals surface area contributed by atoms with Crippen molar-refractivity contribution in [1.82, 2.24) is 40.3 Å². The van der Waals surface area contributed by atoms with Crippen molar-refractivity contribution in [2.24, 2.45) is 5.92 Å². The van der Waals surface area contributed by atoms with E-state index in [9.17, 15) is 18.0 Å². The van der Waals surface area contributed by atoms with Crippen LogP contribution in [0.5, 0.6) is 0 Å². The summed E-state index contributed by atoms with van der Waals surface area (Å²) in [4.78, 5) is 19.1. The SMILES string of the molecule is Cc1nc(N2CC(C)C(F)(F)C2)ccc1Cn1cc(C(=O)NCc2c(-n3cnnn3)ccc(Cl)c2F)c(C)n1. The number of aryl methyl sites for hydroxylation is 2. The van der Waals surface area contributed by atoms with E-state index in [1.54, 1.807) is 34.8 Å². The Balaban J connectivity index is 1.29. The highest BCUT2D eigenvalue weighted by atomic mass is 35.5. The molecule has 0 spiro atoms. The lowest BCUT2D eigenvalue weighted by atomic mass is 10.1. The molecular weight excluding hydrogens is 535 g/mol. The second-order valence-corrected chi connectivity index (χ2v) is 9.99. The number of halogens is 4. The van der Waals surface area contributed by atoms with E-state index in [2.05, 4.69) is 30.9 Å². The molecule has 0 aliphatic carbocycles. The Kier molecular flexibility index (Phi) is 7.02. The molecule has 204 valence electrons. The van der Waals surface area contributed by atoms with Crippen LogP contribution in [-0.2, 0) is 13.1 Å². The van der Waals surface area contributed by atoms with Crippen LogP contribution in [0, 0.1) is 25.6 Å². The van der Waals surface area contributed by atoms with Gasteiger partial charge in [-0.3, -0.25) is 9.48 Å². The number of carbonyl (C=O) groups is 1. The Morgan fingerprint density at radius 3 is 2.67 bits per heavy atom. The zero-order chi connectivity index (χ0) is 27.9. The van der Waals surface area contributed by atoms with E-state index in [1.807, 2.05) is 13.0 Å². The Hall–Kier alpha value is -4.00. The van der Waals surface area contributed by atoms with E-state index in [0.29, 0.717) is 35.0 Å². The lowest BCUT2D eigenvalue weighted by Crippen LogP contribution is -2.27. The fraction of sp³-hybridized carbons (Fsp3) is 0.360. The third kappa shape index (κ3) is 5.31. The van der Waals surface area contributed by atoms with E-state index in [0.717, 1.165) is 5.56 Å². The van der Waals surface area contributed by atoms with Crippen LogP contribution >= 0.6 is 11.6 Å². The van der Waals surface area contributed by atoms with Crippen LogP contribution < -0.4 is 10.2 Å². The van der Waals surface area contributed by atoms with Crippen LogP contribution in [-0.4, -0.2) is 59.9 Å². The minimum absolute atomic E-state index is 0.0944. The van der Waals surface area contributed by atoms with Crippen LogP contribution in [0.2, 0.25) is 5.02 Å². The van der Waals surface area contributed by atoms with Gasteiger partial charge >= 0.3 is 0 Å². The highest BCUT2D eigenvalue weighted by Crippen LogP contribution is 2.35. The molecule has 1 aliphatic heterocycles. The molecule has 0 bridgehead atoms. The predicted octanol–water partition coefficient (Wildman–Crippen LogP) is 3.73. The summed E-state index contributed by atoms with van der Waals surface area (Å²) in [7, 11) is 0. The van der Waals surface area contributed by atoms with E-state index >= 15 is 0 Å². The topological polar surface area (TPSA) is 107 Å². The molecule has 1 atom stereocenters. The summed E-state index contributed by atoms with van der Waals surface area (Å²) in [6.07, 6.45) is 2.91. The number of hydrogen-bond acceptors (Lipinski definition) is 7. The average Bonchev–Trinajstić information content (AvgIpc) is 3.61. The molecule has 0 saturated carbocycles. The summed E-state index contributed by atoms with van der Waals surface area (Å²) in [5.74, 6) is -4.11. The first-order valence-corrected chi connectivity index (χ1v) is 12.5. The minimum Gasteiger partial charge on any atom is -0.350 e. The Morgan fingerprint density at radius 2 is 2.00 bits per heavy atom. The first-order chi connectivity index (χ1) is 18.5. The summed E-state index contributed by atoms with van der Waals surface area (Å²) in [6, 6.07) is 6.50. The highest BCUT2D eigenvalue weighted by molar-refractivity contribution is 6.30. The number of nitrogens with zero attached hydrogens (tertiary/aromatic N) is 8. The third-order valence-corrected chi connectivity index (χ3v) is 7.13. The standard InChI is InChI=1S/C25H25ClF3N9O/c1-14-9-36(12-25(14,28)29)22-7-4-17(15(2)32-22)10-37-11-19(16(3)33-37)24(39)30-8-18-21(38-13-31-34-35-38)6-5-20(26)23(18)27/h4-7,11,13-14H,8-10,12H2,1-3H3,(H,30,39). The molecule has 1 amide bonds. The zero-order valence-electron chi connectivity index (χ0n) is 21.4. The monoisotopic (exact) mass is 559 g/mol. The summed E-state index contributed by atoms with van der Waals surface area (Å²) in [5, 5.41) is 18.0. The van der Waals surface area contributed by atoms with Crippen molar-refractivity contribution in [3.63, 3.8) is 0 Å². The molecule has 1 aliphatic rings. The normalized spacial score (nSPS) is 16.6. The van der Waals surface area contributed by atoms with Crippen LogP contribution in [0.3, 0.4) is 0 Å². The maximum atomic E-state index is 14.8. The molecule has 1 saturated heterocycles. The Morgan fingerprint density at radius 1 is 1.21 bits per heavy atom. The zero-order valence-corrected chi connectivity index (χ0v) is 22.1. The second kappa shape index (κ2) is 10.3. The minimum atomic E-state index is -2.74. The highest BCUT2D eigenvalue weighted by Gasteiger charge is 2.45. The molecule has 4 aromatic rings. The van der Waals surface area contributed by atoms with Crippen molar-refractivity contribution in [2.75, 3.05) is 18.0 Å². The number of anilines is 1. The molecule has 14 heteroatoms. The van der Waals surface area contributed by atoms with Crippen molar-refractivity contribution in [3.8, 4) is 5.69 Å². The van der Waals surface area contributed by atoms with Gasteiger partial charge in [-0.15, -0.1) is 5.10 Å². The molecule has 1 unspecified atom stereocenters. The lowest BCUT2D eigenvalue weighted by Gasteiger charge is -2.18. The number of pyridine rings is 1. The number of alkyl halides is 2. The summed E-state index contributed by atoms with van der Waals surface area (Å²) < 4.78 is 45.7. The summed E-state index contributed by atoms with van der Waals surface area (Å²) in [5.41, 5.74) is 2.78. The predicted molar refractivity (Wildman–Crippen MR) is 137 cm³/mol. The molecule has 39 heavy (non-hydrogen) atoms. The van der Waals surface area contributed by atoms with Gasteiger partial charge in [0.05, 0.1) is 35.1 Å². The number of amides is 1. The van der Waals surface area contributed by atoms with Crippen LogP contribution in [0.4, 0.5) is 19.0 Å². The van der Waals surface area contributed by atoms with Gasteiger partial charge in [0.25, 0.3) is 11.8 Å². The van der Waals surface area contributed by atoms with Gasteiger partial charge in [-0.05, 0) is 48.0 Å². The number of aromatic nitrogens is 7. The van der Waals surface area contributed by atoms with Gasteiger partial charge in [0.15, 0.2) is 0 Å². The summed E-state index contributed by atoms with van der Waals surface area (Å²) >= 11 is 5.96. The second-order valence-electron chi connectivity index (χ2n) is 9.58. The van der Waals surface area contributed by atoms with Crippen molar-refractivity contribution in [2.45, 2.75) is 39.8 Å². The number of carbonyl (C=O) groups excluding carboxylic acids is 1. The van der Waals surface area contributed by atoms with Crippen molar-refractivity contribution in [1.29, 1.82) is 0 Å². The van der Waals surface area contributed by atoms with Gasteiger partial charge in [-0.25, -0.2) is 22.8 Å². The van der Waals surface area contributed by atoms with Crippen molar-refractivity contribution < 1.29 is 18.0 Å². The van der Waals surface area contributed by atoms with E-state index in [4.69, 9.17) is 11.6 Å². The number of nitrogens with one attached hydrogen (secondary N) is 1. The Bertz CT molecular complexity index is 1520. The third-order valence-electron chi connectivity index (χ3n) is 6.84. The Labute approximate surface area is 226 Å². The molecule has 4 heterocycles.